The number of carbonyl (C=O) groups is 1. The van der Waals surface area contributed by atoms with Gasteiger partial charge in [-0.15, -0.1) is 0 Å². The summed E-state index contributed by atoms with van der Waals surface area (Å²) in [5.74, 6) is -0.0655. The summed E-state index contributed by atoms with van der Waals surface area (Å²) in [5, 5.41) is 3.06. The number of hydrogen-bond acceptors (Lipinski definition) is 3. The lowest BCUT2D eigenvalue weighted by atomic mass is 10.2. The zero-order chi connectivity index (χ0) is 15.4. The van der Waals surface area contributed by atoms with Crippen LogP contribution in [0.5, 0.6) is 0 Å². The Bertz CT molecular complexity index is 623. The summed E-state index contributed by atoms with van der Waals surface area (Å²) in [6.45, 7) is 5.05. The fourth-order valence-electron chi connectivity index (χ4n) is 3.10. The molecule has 22 heavy (non-hydrogen) atoms. The predicted octanol–water partition coefficient (Wildman–Crippen LogP) is 2.09. The number of para-hydroxylation sites is 1. The maximum Gasteiger partial charge on any atom is 0.269 e. The van der Waals surface area contributed by atoms with E-state index < -0.39 is 0 Å². The van der Waals surface area contributed by atoms with Crippen molar-refractivity contribution in [3.05, 3.63) is 48.5 Å². The van der Waals surface area contributed by atoms with Crippen molar-refractivity contribution < 1.29 is 4.79 Å². The number of likely N-dealkylation sites (tertiary alicyclic amines) is 1. The Hall–Kier alpha value is -2.14. The Balaban J connectivity index is 1.67. The molecule has 116 valence electrons. The molecule has 0 saturated carbocycles. The molecule has 1 fully saturated rings. The molecule has 1 amide bonds. The van der Waals surface area contributed by atoms with Crippen molar-refractivity contribution in [2.45, 2.75) is 25.8 Å². The highest BCUT2D eigenvalue weighted by Crippen LogP contribution is 2.16. The molecular weight excluding hydrogens is 276 g/mol. The first-order chi connectivity index (χ1) is 10.8. The quantitative estimate of drug-likeness (QED) is 0.919. The van der Waals surface area contributed by atoms with Gasteiger partial charge in [-0.2, -0.15) is 0 Å². The van der Waals surface area contributed by atoms with E-state index in [-0.39, 0.29) is 5.91 Å². The standard InChI is InChI=1S/C17H22N4O/c1-2-20-10-6-9-15(20)11-19-17(22)16-12-18-13-21(16)14-7-4-3-5-8-14/h3-5,7-8,12-13,15H,2,6,9-11H2,1H3,(H,19,22). The van der Waals surface area contributed by atoms with E-state index in [4.69, 9.17) is 0 Å². The van der Waals surface area contributed by atoms with Crippen LogP contribution in [0, 0.1) is 0 Å². The summed E-state index contributed by atoms with van der Waals surface area (Å²) < 4.78 is 1.82. The molecule has 1 atom stereocenters. The smallest absolute Gasteiger partial charge is 0.269 e. The second-order valence-electron chi connectivity index (χ2n) is 5.62. The van der Waals surface area contributed by atoms with Crippen LogP contribution in [0.1, 0.15) is 30.3 Å². The van der Waals surface area contributed by atoms with E-state index in [9.17, 15) is 4.79 Å². The highest BCUT2D eigenvalue weighted by Gasteiger charge is 2.23. The lowest BCUT2D eigenvalue weighted by molar-refractivity contribution is 0.0934. The van der Waals surface area contributed by atoms with Gasteiger partial charge in [-0.25, -0.2) is 4.98 Å². The van der Waals surface area contributed by atoms with Crippen LogP contribution in [-0.2, 0) is 0 Å². The first kappa shape index (κ1) is 14.8. The summed E-state index contributed by atoms with van der Waals surface area (Å²) in [6, 6.07) is 10.3. The predicted molar refractivity (Wildman–Crippen MR) is 86.2 cm³/mol. The fraction of sp³-hybridized carbons (Fsp3) is 0.412. The lowest BCUT2D eigenvalue weighted by Gasteiger charge is -2.22. The van der Waals surface area contributed by atoms with Crippen molar-refractivity contribution in [2.24, 2.45) is 0 Å². The number of aromatic nitrogens is 2. The number of hydrogen-bond donors (Lipinski definition) is 1. The SMILES string of the molecule is CCN1CCCC1CNC(=O)c1cncn1-c1ccccc1. The molecule has 1 aromatic heterocycles. The van der Waals surface area contributed by atoms with E-state index in [2.05, 4.69) is 22.1 Å². The van der Waals surface area contributed by atoms with E-state index in [1.54, 1.807) is 12.5 Å². The van der Waals surface area contributed by atoms with Gasteiger partial charge in [0, 0.05) is 18.3 Å². The summed E-state index contributed by atoms with van der Waals surface area (Å²) in [6.07, 6.45) is 5.68. The number of likely N-dealkylation sites (N-methyl/N-ethyl adjacent to an activating group) is 1. The molecule has 2 aromatic rings. The van der Waals surface area contributed by atoms with Gasteiger partial charge in [0.05, 0.1) is 12.5 Å². The zero-order valence-corrected chi connectivity index (χ0v) is 12.9. The molecule has 1 unspecified atom stereocenters. The van der Waals surface area contributed by atoms with Gasteiger partial charge in [0.2, 0.25) is 0 Å². The van der Waals surface area contributed by atoms with Gasteiger partial charge in [0.1, 0.15) is 5.69 Å². The Morgan fingerprint density at radius 1 is 1.36 bits per heavy atom. The summed E-state index contributed by atoms with van der Waals surface area (Å²) in [5.41, 5.74) is 1.52. The van der Waals surface area contributed by atoms with Gasteiger partial charge >= 0.3 is 0 Å². The van der Waals surface area contributed by atoms with Crippen molar-refractivity contribution in [1.29, 1.82) is 0 Å². The number of rotatable bonds is 5. The molecule has 1 aromatic carbocycles. The Morgan fingerprint density at radius 3 is 2.95 bits per heavy atom. The minimum Gasteiger partial charge on any atom is -0.349 e. The van der Waals surface area contributed by atoms with Gasteiger partial charge in [0.15, 0.2) is 0 Å². The van der Waals surface area contributed by atoms with Gasteiger partial charge in [-0.1, -0.05) is 25.1 Å². The second-order valence-corrected chi connectivity index (χ2v) is 5.62. The minimum absolute atomic E-state index is 0.0655. The van der Waals surface area contributed by atoms with Crippen LogP contribution in [0.3, 0.4) is 0 Å². The Morgan fingerprint density at radius 2 is 2.18 bits per heavy atom. The number of imidazole rings is 1. The molecule has 1 saturated heterocycles. The van der Waals surface area contributed by atoms with Crippen LogP contribution in [-0.4, -0.2) is 46.0 Å². The highest BCUT2D eigenvalue weighted by molar-refractivity contribution is 5.93. The monoisotopic (exact) mass is 298 g/mol. The van der Waals surface area contributed by atoms with E-state index in [0.29, 0.717) is 18.3 Å². The number of amides is 1. The van der Waals surface area contributed by atoms with E-state index in [1.165, 1.54) is 6.42 Å². The van der Waals surface area contributed by atoms with Crippen LogP contribution < -0.4 is 5.32 Å². The van der Waals surface area contributed by atoms with Crippen molar-refractivity contribution in [3.8, 4) is 5.69 Å². The molecule has 1 aliphatic heterocycles. The molecular formula is C17H22N4O. The number of benzene rings is 1. The van der Waals surface area contributed by atoms with Crippen LogP contribution in [0.4, 0.5) is 0 Å². The molecule has 2 heterocycles. The van der Waals surface area contributed by atoms with Crippen LogP contribution in [0.25, 0.3) is 5.69 Å². The third kappa shape index (κ3) is 3.04. The molecule has 0 bridgehead atoms. The number of nitrogens with zero attached hydrogens (tertiary/aromatic N) is 3. The molecule has 1 N–H and O–H groups in total. The van der Waals surface area contributed by atoms with Crippen LogP contribution >= 0.6 is 0 Å². The molecule has 0 spiro atoms. The van der Waals surface area contributed by atoms with E-state index in [0.717, 1.165) is 25.2 Å². The second kappa shape index (κ2) is 6.75. The van der Waals surface area contributed by atoms with Crippen molar-refractivity contribution in [2.75, 3.05) is 19.6 Å². The third-order valence-corrected chi connectivity index (χ3v) is 4.31. The molecule has 0 radical (unpaired) electrons. The Kier molecular flexibility index (Phi) is 4.53. The van der Waals surface area contributed by atoms with Gasteiger partial charge in [-0.05, 0) is 38.1 Å². The van der Waals surface area contributed by atoms with E-state index >= 15 is 0 Å². The van der Waals surface area contributed by atoms with Crippen molar-refractivity contribution >= 4 is 5.91 Å². The maximum atomic E-state index is 12.5. The summed E-state index contributed by atoms with van der Waals surface area (Å²) in [7, 11) is 0. The van der Waals surface area contributed by atoms with Gasteiger partial charge in [-0.3, -0.25) is 14.3 Å². The minimum atomic E-state index is -0.0655. The fourth-order valence-corrected chi connectivity index (χ4v) is 3.10. The topological polar surface area (TPSA) is 50.2 Å². The first-order valence-corrected chi connectivity index (χ1v) is 7.89. The van der Waals surface area contributed by atoms with Gasteiger partial charge < -0.3 is 5.32 Å². The van der Waals surface area contributed by atoms with Crippen molar-refractivity contribution in [1.82, 2.24) is 19.8 Å². The average molecular weight is 298 g/mol. The number of nitrogens with one attached hydrogen (secondary N) is 1. The highest BCUT2D eigenvalue weighted by atomic mass is 16.2. The summed E-state index contributed by atoms with van der Waals surface area (Å²) in [4.78, 5) is 19.0. The molecule has 0 aliphatic carbocycles. The largest absolute Gasteiger partial charge is 0.349 e. The van der Waals surface area contributed by atoms with Crippen LogP contribution in [0.15, 0.2) is 42.9 Å². The molecule has 3 rings (SSSR count). The molecule has 5 heteroatoms. The number of carbonyl (C=O) groups excluding carboxylic acids is 1. The van der Waals surface area contributed by atoms with Gasteiger partial charge in [0.25, 0.3) is 5.91 Å². The summed E-state index contributed by atoms with van der Waals surface area (Å²) >= 11 is 0. The van der Waals surface area contributed by atoms with Crippen LogP contribution in [0.2, 0.25) is 0 Å². The molecule has 5 nitrogen and oxygen atoms in total. The average Bonchev–Trinajstić information content (AvgIpc) is 3.22. The lowest BCUT2D eigenvalue weighted by Crippen LogP contribution is -2.40. The zero-order valence-electron chi connectivity index (χ0n) is 12.9. The first-order valence-electron chi connectivity index (χ1n) is 7.89. The molecule has 1 aliphatic rings. The normalized spacial score (nSPS) is 18.5. The maximum absolute atomic E-state index is 12.5. The van der Waals surface area contributed by atoms with Crippen molar-refractivity contribution in [3.63, 3.8) is 0 Å². The third-order valence-electron chi connectivity index (χ3n) is 4.31. The Labute approximate surface area is 131 Å². The van der Waals surface area contributed by atoms with E-state index in [1.807, 2.05) is 34.9 Å².